The minimum absolute atomic E-state index is 0.0147. The van der Waals surface area contributed by atoms with Gasteiger partial charge in [-0.1, -0.05) is 26.1 Å². The topological polar surface area (TPSA) is 66.6 Å². The van der Waals surface area contributed by atoms with Crippen LogP contribution >= 0.6 is 12.2 Å². The average Bonchev–Trinajstić information content (AvgIpc) is 2.50. The minimum Gasteiger partial charge on any atom is -0.392 e. The van der Waals surface area contributed by atoms with E-state index in [4.69, 9.17) is 18.0 Å². The van der Waals surface area contributed by atoms with Crippen molar-refractivity contribution in [1.29, 1.82) is 0 Å². The second kappa shape index (κ2) is 6.97. The zero-order chi connectivity index (χ0) is 14.6. The Morgan fingerprint density at radius 2 is 2.05 bits per heavy atom. The van der Waals surface area contributed by atoms with E-state index in [1.54, 1.807) is 4.31 Å². The van der Waals surface area contributed by atoms with Gasteiger partial charge in [-0.05, 0) is 32.9 Å². The lowest BCUT2D eigenvalue weighted by molar-refractivity contribution is 0.269. The van der Waals surface area contributed by atoms with E-state index in [-0.39, 0.29) is 11.0 Å². The molecule has 0 aromatic rings. The number of nitrogens with two attached hydrogens (primary N) is 1. The highest BCUT2D eigenvalue weighted by Crippen LogP contribution is 2.21. The highest BCUT2D eigenvalue weighted by Gasteiger charge is 2.37. The molecule has 0 amide bonds. The van der Waals surface area contributed by atoms with Gasteiger partial charge in [0.05, 0.1) is 4.99 Å². The number of hydrogen-bond acceptors (Lipinski definition) is 4. The maximum Gasteiger partial charge on any atom is 0.223 e. The summed E-state index contributed by atoms with van der Waals surface area (Å²) in [5.74, 6) is 0. The molecular weight excluding hydrogens is 282 g/mol. The Balaban J connectivity index is 3.05. The molecule has 1 aliphatic heterocycles. The summed E-state index contributed by atoms with van der Waals surface area (Å²) in [5, 5.41) is -0.736. The van der Waals surface area contributed by atoms with Crippen LogP contribution in [0.2, 0.25) is 0 Å². The van der Waals surface area contributed by atoms with Crippen LogP contribution < -0.4 is 5.73 Å². The Bertz CT molecular complexity index is 411. The lowest BCUT2D eigenvalue weighted by Gasteiger charge is -2.32. The SMILES string of the molecule is CCC1CN(C)CCCN1S(=O)(=O)C(CC)C(N)=S. The van der Waals surface area contributed by atoms with Crippen LogP contribution in [-0.4, -0.2) is 60.6 Å². The molecule has 2 atom stereocenters. The molecule has 0 aromatic carbocycles. The van der Waals surface area contributed by atoms with Crippen LogP contribution in [0, 0.1) is 0 Å². The normalized spacial score (nSPS) is 24.9. The van der Waals surface area contributed by atoms with Gasteiger partial charge in [0, 0.05) is 19.1 Å². The van der Waals surface area contributed by atoms with Crippen LogP contribution in [0.25, 0.3) is 0 Å². The molecule has 0 radical (unpaired) electrons. The first-order chi connectivity index (χ1) is 8.84. The molecule has 1 fully saturated rings. The molecule has 5 nitrogen and oxygen atoms in total. The maximum atomic E-state index is 12.7. The van der Waals surface area contributed by atoms with E-state index in [0.717, 1.165) is 25.9 Å². The van der Waals surface area contributed by atoms with Gasteiger partial charge < -0.3 is 10.6 Å². The Morgan fingerprint density at radius 1 is 1.42 bits per heavy atom. The highest BCUT2D eigenvalue weighted by molar-refractivity contribution is 7.92. The van der Waals surface area contributed by atoms with Gasteiger partial charge >= 0.3 is 0 Å². The standard InChI is InChI=1S/C12H25N3O2S2/c1-4-10-9-14(3)7-6-8-15(10)19(16,17)11(5-2)12(13)18/h10-11H,4-9H2,1-3H3,(H2,13,18). The van der Waals surface area contributed by atoms with Crippen molar-refractivity contribution in [3.63, 3.8) is 0 Å². The van der Waals surface area contributed by atoms with Gasteiger partial charge in [-0.25, -0.2) is 8.42 Å². The number of nitrogens with zero attached hydrogens (tertiary/aromatic N) is 2. The van der Waals surface area contributed by atoms with Crippen molar-refractivity contribution in [3.05, 3.63) is 0 Å². The third-order valence-electron chi connectivity index (χ3n) is 3.69. The lowest BCUT2D eigenvalue weighted by Crippen LogP contribution is -2.50. The van der Waals surface area contributed by atoms with Gasteiger partial charge in [-0.3, -0.25) is 0 Å². The number of likely N-dealkylation sites (N-methyl/N-ethyl adjacent to an activating group) is 1. The zero-order valence-corrected chi connectivity index (χ0v) is 13.6. The Kier molecular flexibility index (Phi) is 6.16. The van der Waals surface area contributed by atoms with Crippen molar-refractivity contribution in [2.24, 2.45) is 5.73 Å². The van der Waals surface area contributed by atoms with Crippen LogP contribution in [0.1, 0.15) is 33.1 Å². The second-order valence-corrected chi connectivity index (χ2v) is 7.67. The summed E-state index contributed by atoms with van der Waals surface area (Å²) in [6.45, 7) is 6.08. The molecule has 2 unspecified atom stereocenters. The van der Waals surface area contributed by atoms with Gasteiger partial charge in [-0.15, -0.1) is 0 Å². The van der Waals surface area contributed by atoms with Crippen molar-refractivity contribution in [2.75, 3.05) is 26.7 Å². The van der Waals surface area contributed by atoms with Crippen molar-refractivity contribution in [3.8, 4) is 0 Å². The van der Waals surface area contributed by atoms with Gasteiger partial charge in [-0.2, -0.15) is 4.31 Å². The summed E-state index contributed by atoms with van der Waals surface area (Å²) in [6.07, 6.45) is 2.08. The largest absolute Gasteiger partial charge is 0.392 e. The second-order valence-electron chi connectivity index (χ2n) is 5.13. The van der Waals surface area contributed by atoms with Crippen molar-refractivity contribution in [1.82, 2.24) is 9.21 Å². The van der Waals surface area contributed by atoms with Crippen LogP contribution in [-0.2, 0) is 10.0 Å². The molecule has 0 saturated carbocycles. The Morgan fingerprint density at radius 3 is 2.53 bits per heavy atom. The molecule has 1 heterocycles. The highest BCUT2D eigenvalue weighted by atomic mass is 32.2. The van der Waals surface area contributed by atoms with Gasteiger partial charge in [0.15, 0.2) is 0 Å². The van der Waals surface area contributed by atoms with E-state index in [0.29, 0.717) is 13.0 Å². The Hall–Kier alpha value is -0.240. The quantitative estimate of drug-likeness (QED) is 0.761. The summed E-state index contributed by atoms with van der Waals surface area (Å²) in [7, 11) is -1.41. The van der Waals surface area contributed by atoms with E-state index in [2.05, 4.69) is 4.90 Å². The first-order valence-corrected chi connectivity index (χ1v) is 8.74. The molecule has 1 aliphatic rings. The van der Waals surface area contributed by atoms with Gasteiger partial charge in [0.2, 0.25) is 10.0 Å². The molecule has 1 saturated heterocycles. The molecule has 112 valence electrons. The average molecular weight is 307 g/mol. The predicted molar refractivity (Wildman–Crippen MR) is 82.7 cm³/mol. The number of hydrogen-bond donors (Lipinski definition) is 1. The molecule has 0 spiro atoms. The van der Waals surface area contributed by atoms with E-state index < -0.39 is 15.3 Å². The summed E-state index contributed by atoms with van der Waals surface area (Å²) in [6, 6.07) is 0.0147. The predicted octanol–water partition coefficient (Wildman–Crippen LogP) is 0.797. The molecule has 0 aliphatic carbocycles. The summed E-state index contributed by atoms with van der Waals surface area (Å²) < 4.78 is 27.1. The number of thiocarbonyl (C=S) groups is 1. The first kappa shape index (κ1) is 16.8. The summed E-state index contributed by atoms with van der Waals surface area (Å²) >= 11 is 4.93. The number of rotatable bonds is 5. The van der Waals surface area contributed by atoms with Crippen molar-refractivity contribution < 1.29 is 8.42 Å². The third kappa shape index (κ3) is 3.87. The first-order valence-electron chi connectivity index (χ1n) is 6.83. The smallest absolute Gasteiger partial charge is 0.223 e. The molecule has 7 heteroatoms. The zero-order valence-electron chi connectivity index (χ0n) is 12.0. The molecule has 0 aromatic heterocycles. The van der Waals surface area contributed by atoms with Crippen LogP contribution in [0.4, 0.5) is 0 Å². The summed E-state index contributed by atoms with van der Waals surface area (Å²) in [5.41, 5.74) is 5.61. The fraction of sp³-hybridized carbons (Fsp3) is 0.917. The molecular formula is C12H25N3O2S2. The van der Waals surface area contributed by atoms with E-state index in [9.17, 15) is 8.42 Å². The lowest BCUT2D eigenvalue weighted by atomic mass is 10.2. The van der Waals surface area contributed by atoms with E-state index >= 15 is 0 Å². The third-order valence-corrected chi connectivity index (χ3v) is 6.57. The van der Waals surface area contributed by atoms with Crippen LogP contribution in [0.3, 0.4) is 0 Å². The Labute approximate surface area is 122 Å². The minimum atomic E-state index is -3.44. The van der Waals surface area contributed by atoms with Crippen molar-refractivity contribution in [2.45, 2.75) is 44.4 Å². The monoisotopic (exact) mass is 307 g/mol. The molecule has 0 bridgehead atoms. The molecule has 19 heavy (non-hydrogen) atoms. The van der Waals surface area contributed by atoms with E-state index in [1.807, 2.05) is 20.9 Å². The number of sulfonamides is 1. The fourth-order valence-electron chi connectivity index (χ4n) is 2.61. The fourth-order valence-corrected chi connectivity index (χ4v) is 5.20. The maximum absolute atomic E-state index is 12.7. The van der Waals surface area contributed by atoms with Gasteiger partial charge in [0.25, 0.3) is 0 Å². The van der Waals surface area contributed by atoms with Crippen LogP contribution in [0.15, 0.2) is 0 Å². The van der Waals surface area contributed by atoms with E-state index in [1.165, 1.54) is 0 Å². The van der Waals surface area contributed by atoms with Crippen LogP contribution in [0.5, 0.6) is 0 Å². The molecule has 2 N–H and O–H groups in total. The summed E-state index contributed by atoms with van der Waals surface area (Å²) in [4.78, 5) is 2.26. The van der Waals surface area contributed by atoms with Crippen molar-refractivity contribution >= 4 is 27.2 Å². The molecule has 1 rings (SSSR count). The van der Waals surface area contributed by atoms with Gasteiger partial charge in [0.1, 0.15) is 5.25 Å².